The molecule has 0 aliphatic rings. The summed E-state index contributed by atoms with van der Waals surface area (Å²) >= 11 is 0. The van der Waals surface area contributed by atoms with E-state index in [1.165, 1.54) is 66.9 Å². The standard InChI is InChI=1S/C49H36N2.C9H9N/c50-48(38-27-14-5-15-28-38)39-29-18-30-40(33-39)51-42-32-17-16-31-41(42)47-45(36-23-10-3-11-24-36)43(34-19-6-1-7-20-34)44(35-21-8-2-9-22-35)46(49(47)51)37-25-12-4-13-26-37;1-2-9(10)8-6-4-3-5-7-8/h1-33,48H,50H2;2-7,10H,1H2. The van der Waals surface area contributed by atoms with Crippen molar-refractivity contribution in [1.29, 1.82) is 5.41 Å². The molecule has 3 nitrogen and oxygen atoms in total. The Morgan fingerprint density at radius 3 is 1.43 bits per heavy atom. The molecule has 0 amide bonds. The van der Waals surface area contributed by atoms with Crippen molar-refractivity contribution in [1.82, 2.24) is 4.57 Å². The van der Waals surface area contributed by atoms with Crippen LogP contribution in [0.4, 0.5) is 0 Å². The summed E-state index contributed by atoms with van der Waals surface area (Å²) < 4.78 is 2.47. The molecule has 0 radical (unpaired) electrons. The quantitative estimate of drug-likeness (QED) is 0.141. The number of aromatic nitrogens is 1. The summed E-state index contributed by atoms with van der Waals surface area (Å²) in [5, 5.41) is 9.80. The highest BCUT2D eigenvalue weighted by Gasteiger charge is 2.29. The topological polar surface area (TPSA) is 54.8 Å². The lowest BCUT2D eigenvalue weighted by atomic mass is 9.80. The molecule has 61 heavy (non-hydrogen) atoms. The smallest absolute Gasteiger partial charge is 0.0632 e. The fourth-order valence-electron chi connectivity index (χ4n) is 8.50. The maximum absolute atomic E-state index is 7.36. The fourth-order valence-corrected chi connectivity index (χ4v) is 8.50. The van der Waals surface area contributed by atoms with E-state index in [-0.39, 0.29) is 6.04 Å². The molecule has 1 unspecified atom stereocenters. The Labute approximate surface area is 357 Å². The highest BCUT2D eigenvalue weighted by atomic mass is 15.0. The summed E-state index contributed by atoms with van der Waals surface area (Å²) in [5.41, 5.74) is 23.5. The molecule has 10 aromatic rings. The maximum Gasteiger partial charge on any atom is 0.0632 e. The number of hydrogen-bond acceptors (Lipinski definition) is 2. The third kappa shape index (κ3) is 7.63. The number of nitrogens with zero attached hydrogens (tertiary/aromatic N) is 1. The zero-order chi connectivity index (χ0) is 41.5. The fraction of sp³-hybridized carbons (Fsp3) is 0.0172. The third-order valence-corrected chi connectivity index (χ3v) is 11.3. The van der Waals surface area contributed by atoms with Crippen LogP contribution in [0.2, 0.25) is 0 Å². The van der Waals surface area contributed by atoms with Crippen molar-refractivity contribution in [3.63, 3.8) is 0 Å². The number of nitrogens with two attached hydrogens (primary N) is 1. The molecule has 292 valence electrons. The number of hydrogen-bond donors (Lipinski definition) is 2. The molecule has 10 rings (SSSR count). The first-order valence-corrected chi connectivity index (χ1v) is 20.6. The molecule has 0 aliphatic heterocycles. The molecular weight excluding hydrogens is 739 g/mol. The minimum atomic E-state index is -0.253. The van der Waals surface area contributed by atoms with Crippen LogP contribution >= 0.6 is 0 Å². The minimum absolute atomic E-state index is 0.253. The van der Waals surface area contributed by atoms with Gasteiger partial charge in [-0.3, -0.25) is 0 Å². The van der Waals surface area contributed by atoms with Gasteiger partial charge in [0.1, 0.15) is 0 Å². The van der Waals surface area contributed by atoms with E-state index in [0.717, 1.165) is 27.9 Å². The van der Waals surface area contributed by atoms with Gasteiger partial charge in [-0.25, -0.2) is 0 Å². The van der Waals surface area contributed by atoms with Gasteiger partial charge in [0, 0.05) is 33.2 Å². The minimum Gasteiger partial charge on any atom is -0.320 e. The number of nitrogens with one attached hydrogen (secondary N) is 1. The average molecular weight is 784 g/mol. The average Bonchev–Trinajstić information content (AvgIpc) is 3.69. The summed E-state index contributed by atoms with van der Waals surface area (Å²) in [6.45, 7) is 3.51. The van der Waals surface area contributed by atoms with E-state index in [0.29, 0.717) is 5.71 Å². The van der Waals surface area contributed by atoms with Crippen molar-refractivity contribution in [3.8, 4) is 50.2 Å². The van der Waals surface area contributed by atoms with Crippen LogP contribution in [0.1, 0.15) is 22.7 Å². The second kappa shape index (κ2) is 17.6. The summed E-state index contributed by atoms with van der Waals surface area (Å²) in [4.78, 5) is 0. The Bertz CT molecular complexity index is 3080. The van der Waals surface area contributed by atoms with Gasteiger partial charge in [0.05, 0.1) is 22.8 Å². The first-order chi connectivity index (χ1) is 30.1. The van der Waals surface area contributed by atoms with Gasteiger partial charge in [0.25, 0.3) is 0 Å². The Morgan fingerprint density at radius 2 is 0.885 bits per heavy atom. The largest absolute Gasteiger partial charge is 0.320 e. The van der Waals surface area contributed by atoms with E-state index in [1.807, 2.05) is 36.4 Å². The summed E-state index contributed by atoms with van der Waals surface area (Å²) in [5.74, 6) is 0. The molecule has 0 spiro atoms. The maximum atomic E-state index is 7.36. The lowest BCUT2D eigenvalue weighted by molar-refractivity contribution is 0.869. The van der Waals surface area contributed by atoms with Crippen LogP contribution in [0.3, 0.4) is 0 Å². The predicted molar refractivity (Wildman–Crippen MR) is 258 cm³/mol. The van der Waals surface area contributed by atoms with E-state index in [2.05, 4.69) is 205 Å². The van der Waals surface area contributed by atoms with Crippen LogP contribution < -0.4 is 5.73 Å². The number of rotatable bonds is 9. The summed E-state index contributed by atoms with van der Waals surface area (Å²) in [7, 11) is 0. The van der Waals surface area contributed by atoms with Gasteiger partial charge < -0.3 is 15.7 Å². The van der Waals surface area contributed by atoms with Crippen LogP contribution in [0, 0.1) is 5.41 Å². The number of benzene rings is 9. The SMILES string of the molecule is C=CC(=N)c1ccccc1.NC(c1ccccc1)c1cccc(-n2c3ccccc3c3c(-c4ccccc4)c(-c4ccccc4)c(-c4ccccc4)c(-c4ccccc4)c32)c1. The van der Waals surface area contributed by atoms with Crippen LogP contribution in [0.25, 0.3) is 72.0 Å². The van der Waals surface area contributed by atoms with Crippen molar-refractivity contribution in [2.75, 3.05) is 0 Å². The van der Waals surface area contributed by atoms with Gasteiger partial charge >= 0.3 is 0 Å². The van der Waals surface area contributed by atoms with Crippen LogP contribution in [0.15, 0.2) is 243 Å². The molecule has 0 saturated heterocycles. The normalized spacial score (nSPS) is 11.4. The number of para-hydroxylation sites is 1. The molecule has 9 aromatic carbocycles. The lowest BCUT2D eigenvalue weighted by Crippen LogP contribution is -2.12. The van der Waals surface area contributed by atoms with Crippen molar-refractivity contribution in [2.24, 2.45) is 5.73 Å². The molecule has 0 bridgehead atoms. The van der Waals surface area contributed by atoms with Crippen molar-refractivity contribution >= 4 is 27.5 Å². The number of allylic oxidation sites excluding steroid dienone is 1. The molecule has 3 heteroatoms. The summed E-state index contributed by atoms with van der Waals surface area (Å²) in [6, 6.07) is 80.9. The molecule has 0 fully saturated rings. The molecule has 1 aromatic heterocycles. The predicted octanol–water partition coefficient (Wildman–Crippen LogP) is 14.7. The Kier molecular flexibility index (Phi) is 11.1. The summed E-state index contributed by atoms with van der Waals surface area (Å²) in [6.07, 6.45) is 1.54. The van der Waals surface area contributed by atoms with E-state index in [1.54, 1.807) is 0 Å². The molecule has 0 saturated carbocycles. The highest BCUT2D eigenvalue weighted by Crippen LogP contribution is 2.53. The molecule has 1 heterocycles. The second-order valence-electron chi connectivity index (χ2n) is 15.0. The molecule has 1 atom stereocenters. The highest BCUT2D eigenvalue weighted by molar-refractivity contribution is 6.26. The van der Waals surface area contributed by atoms with Gasteiger partial charge in [-0.1, -0.05) is 219 Å². The lowest BCUT2D eigenvalue weighted by Gasteiger charge is -2.24. The van der Waals surface area contributed by atoms with Gasteiger partial charge in [-0.05, 0) is 68.8 Å². The van der Waals surface area contributed by atoms with Crippen LogP contribution in [0.5, 0.6) is 0 Å². The van der Waals surface area contributed by atoms with Crippen molar-refractivity contribution in [3.05, 3.63) is 260 Å². The van der Waals surface area contributed by atoms with Gasteiger partial charge in [0.15, 0.2) is 0 Å². The third-order valence-electron chi connectivity index (χ3n) is 11.3. The van der Waals surface area contributed by atoms with Crippen molar-refractivity contribution in [2.45, 2.75) is 6.04 Å². The van der Waals surface area contributed by atoms with Gasteiger partial charge in [-0.15, -0.1) is 0 Å². The Morgan fingerprint density at radius 1 is 0.459 bits per heavy atom. The number of fused-ring (bicyclic) bond motifs is 3. The zero-order valence-electron chi connectivity index (χ0n) is 33.8. The van der Waals surface area contributed by atoms with E-state index in [4.69, 9.17) is 11.1 Å². The van der Waals surface area contributed by atoms with E-state index in [9.17, 15) is 0 Å². The first-order valence-electron chi connectivity index (χ1n) is 20.6. The molecule has 3 N–H and O–H groups in total. The Hall–Kier alpha value is -7.85. The van der Waals surface area contributed by atoms with Crippen LogP contribution in [-0.4, -0.2) is 10.3 Å². The van der Waals surface area contributed by atoms with Crippen LogP contribution in [-0.2, 0) is 0 Å². The Balaban J connectivity index is 0.000000421. The van der Waals surface area contributed by atoms with Gasteiger partial charge in [0.2, 0.25) is 0 Å². The van der Waals surface area contributed by atoms with Gasteiger partial charge in [-0.2, -0.15) is 0 Å². The monoisotopic (exact) mass is 783 g/mol. The second-order valence-corrected chi connectivity index (χ2v) is 15.0. The molecular formula is C58H45N3. The molecule has 0 aliphatic carbocycles. The van der Waals surface area contributed by atoms with E-state index >= 15 is 0 Å². The van der Waals surface area contributed by atoms with E-state index < -0.39 is 0 Å². The van der Waals surface area contributed by atoms with Crippen molar-refractivity contribution < 1.29 is 0 Å². The zero-order valence-corrected chi connectivity index (χ0v) is 33.8. The first kappa shape index (κ1) is 38.7.